The van der Waals surface area contributed by atoms with Crippen LogP contribution in [0.2, 0.25) is 0 Å². The normalized spacial score (nSPS) is 26.0. The molecule has 2 aromatic rings. The molecule has 2 aliphatic carbocycles. The van der Waals surface area contributed by atoms with Crippen LogP contribution in [0.25, 0.3) is 0 Å². The number of nitrogens with zero attached hydrogens (tertiary/aromatic N) is 5. The molecule has 1 aromatic heterocycles. The first kappa shape index (κ1) is 25.4. The van der Waals surface area contributed by atoms with Crippen molar-refractivity contribution in [2.45, 2.75) is 56.0 Å². The van der Waals surface area contributed by atoms with E-state index in [1.807, 2.05) is 0 Å². The number of methoxy groups -OCH3 is 1. The van der Waals surface area contributed by atoms with Gasteiger partial charge in [0.15, 0.2) is 0 Å². The van der Waals surface area contributed by atoms with Crippen LogP contribution >= 0.6 is 0 Å². The summed E-state index contributed by atoms with van der Waals surface area (Å²) in [6, 6.07) is 12.7. The maximum atomic E-state index is 13.8. The summed E-state index contributed by atoms with van der Waals surface area (Å²) in [6.07, 6.45) is 7.97. The molecule has 2 heterocycles. The number of likely N-dealkylation sites (N-methyl/N-ethyl adjacent to an activating group) is 1. The van der Waals surface area contributed by atoms with Gasteiger partial charge in [0.25, 0.3) is 0 Å². The summed E-state index contributed by atoms with van der Waals surface area (Å²) in [7, 11) is 5.82. The molecule has 1 spiro atoms. The van der Waals surface area contributed by atoms with Crippen LogP contribution in [0.4, 0.5) is 10.7 Å². The maximum Gasteiger partial charge on any atom is 0.321 e. The number of anilines is 1. The van der Waals surface area contributed by atoms with E-state index in [9.17, 15) is 9.59 Å². The minimum atomic E-state index is -0.302. The van der Waals surface area contributed by atoms with E-state index in [2.05, 4.69) is 69.5 Å². The predicted molar refractivity (Wildman–Crippen MR) is 141 cm³/mol. The van der Waals surface area contributed by atoms with Gasteiger partial charge in [0.2, 0.25) is 17.7 Å². The minimum absolute atomic E-state index is 0.0184. The van der Waals surface area contributed by atoms with Crippen LogP contribution in [0.3, 0.4) is 0 Å². The molecule has 3 aliphatic rings. The van der Waals surface area contributed by atoms with Crippen molar-refractivity contribution < 1.29 is 14.3 Å². The standard InChI is InChI=1S/C28H38N6O3/c1-32(2)23-12-14-28(16-22(23)21-10-5-4-6-11-21)19-33(27(36)34(28)17-20-8-7-9-20)18-24(35)30-26-29-15-13-25(31-26)37-3/h4-6,10-11,13,15,20,22-23H,7-9,12,14,16-19H2,1-3H3,(H,29,30,31,35)/t22?,23-,28+/m1/s1. The zero-order valence-electron chi connectivity index (χ0n) is 22.1. The number of amides is 3. The quantitative estimate of drug-likeness (QED) is 0.588. The van der Waals surface area contributed by atoms with Crippen molar-refractivity contribution in [2.75, 3.05) is 46.2 Å². The van der Waals surface area contributed by atoms with Crippen molar-refractivity contribution in [1.82, 2.24) is 24.7 Å². The number of ether oxygens (including phenoxy) is 1. The molecule has 0 bridgehead atoms. The topological polar surface area (TPSA) is 90.9 Å². The van der Waals surface area contributed by atoms with Crippen molar-refractivity contribution in [3.8, 4) is 5.88 Å². The summed E-state index contributed by atoms with van der Waals surface area (Å²) in [5.74, 6) is 1.12. The number of nitrogens with one attached hydrogen (secondary N) is 1. The van der Waals surface area contributed by atoms with Gasteiger partial charge in [-0.1, -0.05) is 36.8 Å². The third-order valence-corrected chi connectivity index (χ3v) is 8.51. The van der Waals surface area contributed by atoms with E-state index in [0.717, 1.165) is 25.8 Å². The van der Waals surface area contributed by atoms with Gasteiger partial charge in [-0.2, -0.15) is 4.98 Å². The van der Waals surface area contributed by atoms with Crippen LogP contribution in [0.15, 0.2) is 42.6 Å². The molecule has 1 N–H and O–H groups in total. The second-order valence-electron chi connectivity index (χ2n) is 11.0. The van der Waals surface area contributed by atoms with Crippen molar-refractivity contribution in [3.63, 3.8) is 0 Å². The zero-order chi connectivity index (χ0) is 26.0. The monoisotopic (exact) mass is 506 g/mol. The van der Waals surface area contributed by atoms with Gasteiger partial charge >= 0.3 is 6.03 Å². The fraction of sp³-hybridized carbons (Fsp3) is 0.571. The Morgan fingerprint density at radius 1 is 1.19 bits per heavy atom. The Morgan fingerprint density at radius 3 is 2.65 bits per heavy atom. The fourth-order valence-corrected chi connectivity index (χ4v) is 6.38. The molecule has 3 atom stereocenters. The molecule has 1 aliphatic heterocycles. The fourth-order valence-electron chi connectivity index (χ4n) is 6.38. The molecule has 0 radical (unpaired) electrons. The number of urea groups is 1. The van der Waals surface area contributed by atoms with E-state index in [-0.39, 0.29) is 30.0 Å². The van der Waals surface area contributed by atoms with Crippen LogP contribution < -0.4 is 10.1 Å². The van der Waals surface area contributed by atoms with Gasteiger partial charge in [0.1, 0.15) is 6.54 Å². The Balaban J connectivity index is 1.37. The summed E-state index contributed by atoms with van der Waals surface area (Å²) in [5.41, 5.74) is 1.05. The van der Waals surface area contributed by atoms with E-state index in [4.69, 9.17) is 4.74 Å². The predicted octanol–water partition coefficient (Wildman–Crippen LogP) is 3.60. The van der Waals surface area contributed by atoms with Gasteiger partial charge in [0, 0.05) is 37.3 Å². The lowest BCUT2D eigenvalue weighted by molar-refractivity contribution is -0.116. The van der Waals surface area contributed by atoms with E-state index in [1.165, 1.54) is 38.1 Å². The highest BCUT2D eigenvalue weighted by Crippen LogP contribution is 2.47. The van der Waals surface area contributed by atoms with Gasteiger partial charge in [-0.15, -0.1) is 0 Å². The number of hydrogen-bond acceptors (Lipinski definition) is 6. The molecule has 3 fully saturated rings. The van der Waals surface area contributed by atoms with Crippen molar-refractivity contribution in [2.24, 2.45) is 5.92 Å². The molecule has 9 heteroatoms. The number of carbonyl (C=O) groups excluding carboxylic acids is 2. The molecule has 9 nitrogen and oxygen atoms in total. The van der Waals surface area contributed by atoms with Crippen LogP contribution in [0.1, 0.15) is 50.0 Å². The zero-order valence-corrected chi connectivity index (χ0v) is 22.1. The largest absolute Gasteiger partial charge is 0.481 e. The molecule has 1 aromatic carbocycles. The average Bonchev–Trinajstić information content (AvgIpc) is 3.11. The summed E-state index contributed by atoms with van der Waals surface area (Å²) in [5, 5.41) is 2.73. The maximum absolute atomic E-state index is 13.8. The van der Waals surface area contributed by atoms with Gasteiger partial charge in [-0.25, -0.2) is 9.78 Å². The molecular formula is C28H38N6O3. The Kier molecular flexibility index (Phi) is 7.33. The van der Waals surface area contributed by atoms with Gasteiger partial charge in [-0.05, 0) is 57.7 Å². The van der Waals surface area contributed by atoms with Crippen LogP contribution in [0.5, 0.6) is 5.88 Å². The Hall–Kier alpha value is -3.20. The first-order valence-electron chi connectivity index (χ1n) is 13.3. The van der Waals surface area contributed by atoms with E-state index >= 15 is 0 Å². The number of carbonyl (C=O) groups is 2. The number of aromatic nitrogens is 2. The van der Waals surface area contributed by atoms with E-state index in [1.54, 1.807) is 11.0 Å². The smallest absolute Gasteiger partial charge is 0.321 e. The summed E-state index contributed by atoms with van der Waals surface area (Å²) >= 11 is 0. The Morgan fingerprint density at radius 2 is 1.97 bits per heavy atom. The highest BCUT2D eigenvalue weighted by Gasteiger charge is 2.54. The van der Waals surface area contributed by atoms with Crippen molar-refractivity contribution in [3.05, 3.63) is 48.2 Å². The summed E-state index contributed by atoms with van der Waals surface area (Å²) in [6.45, 7) is 1.33. The molecule has 3 amide bonds. The highest BCUT2D eigenvalue weighted by atomic mass is 16.5. The molecule has 5 rings (SSSR count). The van der Waals surface area contributed by atoms with Crippen LogP contribution in [0, 0.1) is 5.92 Å². The lowest BCUT2D eigenvalue weighted by Crippen LogP contribution is -2.55. The van der Waals surface area contributed by atoms with Gasteiger partial charge in [-0.3, -0.25) is 10.1 Å². The molecular weight excluding hydrogens is 468 g/mol. The van der Waals surface area contributed by atoms with Crippen LogP contribution in [-0.2, 0) is 4.79 Å². The molecule has 2 saturated carbocycles. The number of rotatable bonds is 8. The average molecular weight is 507 g/mol. The summed E-state index contributed by atoms with van der Waals surface area (Å²) in [4.78, 5) is 41.2. The van der Waals surface area contributed by atoms with Crippen molar-refractivity contribution in [1.29, 1.82) is 0 Å². The van der Waals surface area contributed by atoms with Crippen LogP contribution in [-0.4, -0.2) is 89.0 Å². The second kappa shape index (κ2) is 10.7. The molecule has 1 saturated heterocycles. The Bertz CT molecular complexity index is 1110. The minimum Gasteiger partial charge on any atom is -0.481 e. The lowest BCUT2D eigenvalue weighted by atomic mass is 9.69. The number of benzene rings is 1. The SMILES string of the molecule is COc1ccnc(NC(=O)CN2C[C@@]3(CC[C@@H](N(C)C)C(c4ccccc4)C3)N(CC3CCC3)C2=O)n1. The molecule has 1 unspecified atom stereocenters. The lowest BCUT2D eigenvalue weighted by Gasteiger charge is -2.49. The summed E-state index contributed by atoms with van der Waals surface area (Å²) < 4.78 is 5.12. The third-order valence-electron chi connectivity index (χ3n) is 8.51. The third kappa shape index (κ3) is 5.28. The molecule has 198 valence electrons. The number of hydrogen-bond donors (Lipinski definition) is 1. The highest BCUT2D eigenvalue weighted by molar-refractivity contribution is 5.93. The van der Waals surface area contributed by atoms with Gasteiger partial charge in [0.05, 0.1) is 12.6 Å². The first-order chi connectivity index (χ1) is 17.9. The van der Waals surface area contributed by atoms with Crippen molar-refractivity contribution >= 4 is 17.9 Å². The Labute approximate surface area is 219 Å². The van der Waals surface area contributed by atoms with E-state index in [0.29, 0.717) is 30.3 Å². The first-order valence-corrected chi connectivity index (χ1v) is 13.3. The molecule has 37 heavy (non-hydrogen) atoms. The van der Waals surface area contributed by atoms with Gasteiger partial charge < -0.3 is 19.4 Å². The van der Waals surface area contributed by atoms with E-state index < -0.39 is 0 Å². The second-order valence-corrected chi connectivity index (χ2v) is 11.0.